The van der Waals surface area contributed by atoms with E-state index >= 15 is 0 Å². The van der Waals surface area contributed by atoms with E-state index in [1.165, 1.54) is 10.4 Å². The first-order valence-corrected chi connectivity index (χ1v) is 5.46. The molecule has 0 saturated heterocycles. The third-order valence-electron chi connectivity index (χ3n) is 2.07. The zero-order valence-corrected chi connectivity index (χ0v) is 9.44. The number of aldehydes is 1. The molecule has 0 aromatic carbocycles. The summed E-state index contributed by atoms with van der Waals surface area (Å²) < 4.78 is 0. The molecule has 1 aromatic heterocycles. The first-order valence-electron chi connectivity index (χ1n) is 4.65. The lowest BCUT2D eigenvalue weighted by atomic mass is 9.99. The molecular weight excluding hydrogens is 180 g/mol. The first kappa shape index (κ1) is 10.5. The van der Waals surface area contributed by atoms with Crippen molar-refractivity contribution in [2.75, 3.05) is 0 Å². The molecule has 0 amide bonds. The zero-order chi connectivity index (χ0) is 10.0. The Morgan fingerprint density at radius 3 is 2.15 bits per heavy atom. The maximum atomic E-state index is 10.6. The maximum Gasteiger partial charge on any atom is 0.160 e. The van der Waals surface area contributed by atoms with Crippen molar-refractivity contribution in [2.24, 2.45) is 0 Å². The van der Waals surface area contributed by atoms with Crippen LogP contribution in [0.4, 0.5) is 0 Å². The fraction of sp³-hybridized carbons (Fsp3) is 0.545. The summed E-state index contributed by atoms with van der Waals surface area (Å²) in [6.45, 7) is 8.68. The molecule has 2 heteroatoms. The highest BCUT2D eigenvalue weighted by molar-refractivity contribution is 7.13. The summed E-state index contributed by atoms with van der Waals surface area (Å²) in [7, 11) is 0. The molecule has 0 unspecified atom stereocenters. The average molecular weight is 196 g/mol. The highest BCUT2D eigenvalue weighted by atomic mass is 32.1. The smallest absolute Gasteiger partial charge is 0.160 e. The van der Waals surface area contributed by atoms with Crippen LogP contribution < -0.4 is 0 Å². The van der Waals surface area contributed by atoms with Gasteiger partial charge in [0.25, 0.3) is 0 Å². The van der Waals surface area contributed by atoms with Crippen LogP contribution in [0.5, 0.6) is 0 Å². The standard InChI is InChI=1S/C11H16OS/c1-7(2)10-5-9(6-12)13-11(10)8(3)4/h5-8H,1-4H3. The summed E-state index contributed by atoms with van der Waals surface area (Å²) in [5.74, 6) is 1.04. The van der Waals surface area contributed by atoms with Crippen molar-refractivity contribution < 1.29 is 4.79 Å². The van der Waals surface area contributed by atoms with Crippen molar-refractivity contribution in [3.8, 4) is 0 Å². The van der Waals surface area contributed by atoms with Gasteiger partial charge >= 0.3 is 0 Å². The minimum absolute atomic E-state index is 0.516. The van der Waals surface area contributed by atoms with Gasteiger partial charge in [0.15, 0.2) is 6.29 Å². The summed E-state index contributed by atoms with van der Waals surface area (Å²) >= 11 is 1.63. The lowest BCUT2D eigenvalue weighted by Crippen LogP contribution is -1.91. The van der Waals surface area contributed by atoms with E-state index < -0.39 is 0 Å². The van der Waals surface area contributed by atoms with Gasteiger partial charge in [-0.15, -0.1) is 11.3 Å². The Morgan fingerprint density at radius 2 is 1.85 bits per heavy atom. The van der Waals surface area contributed by atoms with Crippen LogP contribution >= 0.6 is 11.3 Å². The van der Waals surface area contributed by atoms with Crippen molar-refractivity contribution in [1.29, 1.82) is 0 Å². The SMILES string of the molecule is CC(C)c1cc(C=O)sc1C(C)C. The van der Waals surface area contributed by atoms with Gasteiger partial charge in [-0.2, -0.15) is 0 Å². The van der Waals surface area contributed by atoms with E-state index in [2.05, 4.69) is 27.7 Å². The summed E-state index contributed by atoms with van der Waals surface area (Å²) in [5, 5.41) is 0. The van der Waals surface area contributed by atoms with Crippen LogP contribution in [0.2, 0.25) is 0 Å². The third-order valence-corrected chi connectivity index (χ3v) is 3.45. The van der Waals surface area contributed by atoms with Gasteiger partial charge in [-0.05, 0) is 23.5 Å². The van der Waals surface area contributed by atoms with Crippen molar-refractivity contribution >= 4 is 17.6 Å². The Balaban J connectivity index is 3.15. The fourth-order valence-electron chi connectivity index (χ4n) is 1.40. The summed E-state index contributed by atoms with van der Waals surface area (Å²) in [6.07, 6.45) is 0.947. The molecule has 13 heavy (non-hydrogen) atoms. The van der Waals surface area contributed by atoms with Gasteiger partial charge < -0.3 is 0 Å². The van der Waals surface area contributed by atoms with Gasteiger partial charge in [0, 0.05) is 4.88 Å². The zero-order valence-electron chi connectivity index (χ0n) is 8.63. The van der Waals surface area contributed by atoms with Gasteiger partial charge in [-0.25, -0.2) is 0 Å². The lowest BCUT2D eigenvalue weighted by molar-refractivity contribution is 0.112. The number of thiophene rings is 1. The molecule has 0 aliphatic carbocycles. The molecule has 0 radical (unpaired) electrons. The van der Waals surface area contributed by atoms with Crippen LogP contribution in [0, 0.1) is 0 Å². The normalized spacial score (nSPS) is 11.2. The Kier molecular flexibility index (Phi) is 3.26. The first-order chi connectivity index (χ1) is 6.06. The van der Waals surface area contributed by atoms with Crippen molar-refractivity contribution in [3.63, 3.8) is 0 Å². The van der Waals surface area contributed by atoms with Gasteiger partial charge in [-0.3, -0.25) is 4.79 Å². The van der Waals surface area contributed by atoms with E-state index in [0.29, 0.717) is 11.8 Å². The van der Waals surface area contributed by atoms with Crippen LogP contribution in [-0.4, -0.2) is 6.29 Å². The van der Waals surface area contributed by atoms with E-state index in [1.54, 1.807) is 11.3 Å². The maximum absolute atomic E-state index is 10.6. The number of rotatable bonds is 3. The molecule has 0 aliphatic heterocycles. The largest absolute Gasteiger partial charge is 0.297 e. The minimum Gasteiger partial charge on any atom is -0.297 e. The second kappa shape index (κ2) is 4.05. The molecule has 0 bridgehead atoms. The topological polar surface area (TPSA) is 17.1 Å². The third kappa shape index (κ3) is 2.19. The summed E-state index contributed by atoms with van der Waals surface area (Å²) in [5.41, 5.74) is 1.34. The number of carbonyl (C=O) groups is 1. The molecule has 0 spiro atoms. The number of carbonyl (C=O) groups excluding carboxylic acids is 1. The molecule has 0 aliphatic rings. The fourth-order valence-corrected chi connectivity index (χ4v) is 2.54. The van der Waals surface area contributed by atoms with Gasteiger partial charge in [0.2, 0.25) is 0 Å². The van der Waals surface area contributed by atoms with Crippen molar-refractivity contribution in [1.82, 2.24) is 0 Å². The molecule has 0 N–H and O–H groups in total. The van der Waals surface area contributed by atoms with Gasteiger partial charge in [0.05, 0.1) is 4.88 Å². The highest BCUT2D eigenvalue weighted by Crippen LogP contribution is 2.33. The molecule has 72 valence electrons. The minimum atomic E-state index is 0.516. The molecule has 1 nitrogen and oxygen atoms in total. The van der Waals surface area contributed by atoms with Crippen LogP contribution in [0.1, 0.15) is 59.6 Å². The molecule has 0 atom stereocenters. The summed E-state index contributed by atoms with van der Waals surface area (Å²) in [6, 6.07) is 2.03. The van der Waals surface area contributed by atoms with E-state index in [-0.39, 0.29) is 0 Å². The van der Waals surface area contributed by atoms with Crippen LogP contribution in [0.15, 0.2) is 6.07 Å². The average Bonchev–Trinajstić information content (AvgIpc) is 2.47. The van der Waals surface area contributed by atoms with E-state index in [9.17, 15) is 4.79 Å². The highest BCUT2D eigenvalue weighted by Gasteiger charge is 2.13. The van der Waals surface area contributed by atoms with Gasteiger partial charge in [-0.1, -0.05) is 27.7 Å². The number of hydrogen-bond acceptors (Lipinski definition) is 2. The second-order valence-electron chi connectivity index (χ2n) is 3.90. The van der Waals surface area contributed by atoms with Crippen molar-refractivity contribution in [3.05, 3.63) is 21.4 Å². The predicted molar refractivity (Wildman–Crippen MR) is 57.9 cm³/mol. The monoisotopic (exact) mass is 196 g/mol. The van der Waals surface area contributed by atoms with Crippen LogP contribution in [0.3, 0.4) is 0 Å². The van der Waals surface area contributed by atoms with E-state index in [0.717, 1.165) is 11.2 Å². The van der Waals surface area contributed by atoms with Crippen molar-refractivity contribution in [2.45, 2.75) is 39.5 Å². The predicted octanol–water partition coefficient (Wildman–Crippen LogP) is 3.81. The second-order valence-corrected chi connectivity index (χ2v) is 5.01. The van der Waals surface area contributed by atoms with Gasteiger partial charge in [0.1, 0.15) is 0 Å². The Morgan fingerprint density at radius 1 is 1.23 bits per heavy atom. The Hall–Kier alpha value is -0.630. The molecule has 1 heterocycles. The Bertz CT molecular complexity index is 272. The summed E-state index contributed by atoms with van der Waals surface area (Å²) in [4.78, 5) is 12.8. The van der Waals surface area contributed by atoms with E-state index in [1.807, 2.05) is 6.07 Å². The van der Waals surface area contributed by atoms with Crippen LogP contribution in [-0.2, 0) is 0 Å². The van der Waals surface area contributed by atoms with Crippen LogP contribution in [0.25, 0.3) is 0 Å². The quantitative estimate of drug-likeness (QED) is 0.672. The Labute approximate surface area is 83.8 Å². The number of hydrogen-bond donors (Lipinski definition) is 0. The molecule has 0 saturated carbocycles. The lowest BCUT2D eigenvalue weighted by Gasteiger charge is -2.08. The molecular formula is C11H16OS. The molecule has 0 fully saturated rings. The molecule has 1 aromatic rings. The molecule has 1 rings (SSSR count). The van der Waals surface area contributed by atoms with E-state index in [4.69, 9.17) is 0 Å².